The van der Waals surface area contributed by atoms with Crippen LogP contribution in [0.5, 0.6) is 5.75 Å². The Labute approximate surface area is 108 Å². The second-order valence-corrected chi connectivity index (χ2v) is 4.74. The summed E-state index contributed by atoms with van der Waals surface area (Å²) >= 11 is 1.57. The van der Waals surface area contributed by atoms with Crippen molar-refractivity contribution in [1.82, 2.24) is 10.1 Å². The first-order chi connectivity index (χ1) is 8.74. The molecule has 0 fully saturated rings. The number of aryl methyl sites for hydroxylation is 1. The number of phenolic OH excluding ortho intramolecular Hbond substituents is 1. The van der Waals surface area contributed by atoms with Crippen LogP contribution in [0.1, 0.15) is 5.56 Å². The average Bonchev–Trinajstić information content (AvgIpc) is 3.00. The molecule has 0 aliphatic heterocycles. The fraction of sp³-hybridized carbons (Fsp3) is 0.0769. The van der Waals surface area contributed by atoms with Crippen molar-refractivity contribution in [3.63, 3.8) is 0 Å². The van der Waals surface area contributed by atoms with Crippen molar-refractivity contribution in [2.24, 2.45) is 0 Å². The number of aromatic nitrogens is 2. The van der Waals surface area contributed by atoms with Crippen molar-refractivity contribution in [3.8, 4) is 28.6 Å². The number of hydrogen-bond acceptors (Lipinski definition) is 5. The van der Waals surface area contributed by atoms with E-state index in [1.54, 1.807) is 17.4 Å². The maximum absolute atomic E-state index is 9.80. The van der Waals surface area contributed by atoms with Crippen molar-refractivity contribution in [1.29, 1.82) is 0 Å². The molecule has 1 aromatic carbocycles. The van der Waals surface area contributed by atoms with Gasteiger partial charge in [0.05, 0.1) is 5.56 Å². The van der Waals surface area contributed by atoms with Crippen molar-refractivity contribution in [3.05, 3.63) is 40.6 Å². The van der Waals surface area contributed by atoms with Crippen LogP contribution in [0.4, 0.5) is 0 Å². The van der Waals surface area contributed by atoms with Crippen LogP contribution in [0.25, 0.3) is 22.8 Å². The molecule has 90 valence electrons. The quantitative estimate of drug-likeness (QED) is 0.764. The molecule has 2 aromatic heterocycles. The lowest BCUT2D eigenvalue weighted by Gasteiger charge is -1.99. The summed E-state index contributed by atoms with van der Waals surface area (Å²) in [7, 11) is 0. The van der Waals surface area contributed by atoms with Gasteiger partial charge in [-0.05, 0) is 30.5 Å². The molecule has 3 rings (SSSR count). The van der Waals surface area contributed by atoms with Crippen molar-refractivity contribution in [2.75, 3.05) is 0 Å². The summed E-state index contributed by atoms with van der Waals surface area (Å²) in [6, 6.07) is 7.20. The van der Waals surface area contributed by atoms with Crippen molar-refractivity contribution < 1.29 is 9.63 Å². The topological polar surface area (TPSA) is 59.2 Å². The number of benzene rings is 1. The summed E-state index contributed by atoms with van der Waals surface area (Å²) in [6.45, 7) is 1.94. The second kappa shape index (κ2) is 4.27. The predicted octanol–water partition coefficient (Wildman–Crippen LogP) is 3.48. The van der Waals surface area contributed by atoms with E-state index in [1.165, 1.54) is 0 Å². The average molecular weight is 258 g/mol. The largest absolute Gasteiger partial charge is 0.507 e. The van der Waals surface area contributed by atoms with E-state index in [-0.39, 0.29) is 5.75 Å². The van der Waals surface area contributed by atoms with Gasteiger partial charge in [-0.2, -0.15) is 16.3 Å². The molecule has 0 amide bonds. The van der Waals surface area contributed by atoms with Crippen LogP contribution in [0, 0.1) is 6.92 Å². The molecule has 0 atom stereocenters. The van der Waals surface area contributed by atoms with E-state index in [0.717, 1.165) is 11.1 Å². The molecule has 0 spiro atoms. The van der Waals surface area contributed by atoms with E-state index in [2.05, 4.69) is 10.1 Å². The van der Waals surface area contributed by atoms with Crippen LogP contribution in [0.15, 0.2) is 39.5 Å². The molecule has 0 saturated heterocycles. The molecular weight excluding hydrogens is 248 g/mol. The SMILES string of the molecule is Cc1ccc(O)c(-c2nc(-c3ccsc3)no2)c1. The number of nitrogens with zero attached hydrogens (tertiary/aromatic N) is 2. The van der Waals surface area contributed by atoms with Gasteiger partial charge in [-0.3, -0.25) is 0 Å². The van der Waals surface area contributed by atoms with Crippen LogP contribution < -0.4 is 0 Å². The normalized spacial score (nSPS) is 10.7. The number of hydrogen-bond donors (Lipinski definition) is 1. The van der Waals surface area contributed by atoms with E-state index < -0.39 is 0 Å². The molecule has 0 unspecified atom stereocenters. The summed E-state index contributed by atoms with van der Waals surface area (Å²) in [4.78, 5) is 4.29. The first-order valence-corrected chi connectivity index (χ1v) is 6.34. The Kier molecular flexibility index (Phi) is 2.60. The Balaban J connectivity index is 2.05. The number of phenols is 1. The fourth-order valence-electron chi connectivity index (χ4n) is 1.66. The summed E-state index contributed by atoms with van der Waals surface area (Å²) in [5.74, 6) is 1.01. The van der Waals surface area contributed by atoms with Gasteiger partial charge in [0.2, 0.25) is 5.82 Å². The van der Waals surface area contributed by atoms with Gasteiger partial charge in [0.25, 0.3) is 5.89 Å². The molecule has 4 nitrogen and oxygen atoms in total. The third-order valence-electron chi connectivity index (χ3n) is 2.59. The smallest absolute Gasteiger partial charge is 0.262 e. The highest BCUT2D eigenvalue weighted by Crippen LogP contribution is 2.30. The molecule has 0 radical (unpaired) electrons. The summed E-state index contributed by atoms with van der Waals surface area (Å²) in [5, 5.41) is 17.6. The minimum atomic E-state index is 0.140. The van der Waals surface area contributed by atoms with Crippen LogP contribution in [-0.2, 0) is 0 Å². The van der Waals surface area contributed by atoms with Gasteiger partial charge in [-0.1, -0.05) is 16.8 Å². The zero-order valence-corrected chi connectivity index (χ0v) is 10.4. The third kappa shape index (κ3) is 1.89. The highest BCUT2D eigenvalue weighted by Gasteiger charge is 2.14. The number of aromatic hydroxyl groups is 1. The molecule has 0 saturated carbocycles. The molecule has 0 aliphatic carbocycles. The Morgan fingerprint density at radius 1 is 1.28 bits per heavy atom. The molecule has 1 N–H and O–H groups in total. The molecular formula is C13H10N2O2S. The van der Waals surface area contributed by atoms with E-state index >= 15 is 0 Å². The van der Waals surface area contributed by atoms with Gasteiger partial charge in [-0.15, -0.1) is 0 Å². The highest BCUT2D eigenvalue weighted by molar-refractivity contribution is 7.08. The lowest BCUT2D eigenvalue weighted by molar-refractivity contribution is 0.425. The van der Waals surface area contributed by atoms with Gasteiger partial charge in [0, 0.05) is 10.9 Å². The molecule has 3 aromatic rings. The van der Waals surface area contributed by atoms with Crippen LogP contribution in [0.2, 0.25) is 0 Å². The molecule has 2 heterocycles. The Hall–Kier alpha value is -2.14. The maximum atomic E-state index is 9.80. The van der Waals surface area contributed by atoms with Crippen LogP contribution >= 0.6 is 11.3 Å². The van der Waals surface area contributed by atoms with Gasteiger partial charge in [0.15, 0.2) is 0 Å². The van der Waals surface area contributed by atoms with Gasteiger partial charge >= 0.3 is 0 Å². The second-order valence-electron chi connectivity index (χ2n) is 3.96. The minimum absolute atomic E-state index is 0.140. The van der Waals surface area contributed by atoms with Crippen LogP contribution in [0.3, 0.4) is 0 Å². The van der Waals surface area contributed by atoms with Gasteiger partial charge in [0.1, 0.15) is 5.75 Å². The first kappa shape index (κ1) is 11.0. The Morgan fingerprint density at radius 2 is 2.17 bits per heavy atom. The Morgan fingerprint density at radius 3 is 2.94 bits per heavy atom. The third-order valence-corrected chi connectivity index (χ3v) is 3.27. The fourth-order valence-corrected chi connectivity index (χ4v) is 2.30. The molecule has 18 heavy (non-hydrogen) atoms. The highest BCUT2D eigenvalue weighted by atomic mass is 32.1. The van der Waals surface area contributed by atoms with E-state index in [9.17, 15) is 5.11 Å². The van der Waals surface area contributed by atoms with Crippen LogP contribution in [-0.4, -0.2) is 15.2 Å². The van der Waals surface area contributed by atoms with Crippen molar-refractivity contribution >= 4 is 11.3 Å². The summed E-state index contributed by atoms with van der Waals surface area (Å²) < 4.78 is 5.19. The number of rotatable bonds is 2. The standard InChI is InChI=1S/C13H10N2O2S/c1-8-2-3-11(16)10(6-8)13-14-12(15-17-13)9-4-5-18-7-9/h2-7,16H,1H3. The van der Waals surface area contributed by atoms with Gasteiger partial charge in [-0.25, -0.2) is 0 Å². The van der Waals surface area contributed by atoms with Crippen molar-refractivity contribution in [2.45, 2.75) is 6.92 Å². The Bertz CT molecular complexity index is 674. The molecule has 5 heteroatoms. The lowest BCUT2D eigenvalue weighted by atomic mass is 10.1. The lowest BCUT2D eigenvalue weighted by Crippen LogP contribution is -1.82. The number of thiophene rings is 1. The summed E-state index contributed by atoms with van der Waals surface area (Å²) in [5.41, 5.74) is 2.50. The monoisotopic (exact) mass is 258 g/mol. The van der Waals surface area contributed by atoms with Gasteiger partial charge < -0.3 is 9.63 Å². The molecule has 0 aliphatic rings. The zero-order chi connectivity index (χ0) is 12.5. The zero-order valence-electron chi connectivity index (χ0n) is 9.62. The predicted molar refractivity (Wildman–Crippen MR) is 69.4 cm³/mol. The molecule has 0 bridgehead atoms. The van der Waals surface area contributed by atoms with E-state index in [1.807, 2.05) is 35.9 Å². The van der Waals surface area contributed by atoms with E-state index in [4.69, 9.17) is 4.52 Å². The summed E-state index contributed by atoms with van der Waals surface area (Å²) in [6.07, 6.45) is 0. The first-order valence-electron chi connectivity index (χ1n) is 5.40. The minimum Gasteiger partial charge on any atom is -0.507 e. The maximum Gasteiger partial charge on any atom is 0.262 e. The van der Waals surface area contributed by atoms with E-state index in [0.29, 0.717) is 17.3 Å².